The molecular formula is C17H18ClN5O4. The Labute approximate surface area is 159 Å². The highest BCUT2D eigenvalue weighted by molar-refractivity contribution is 6.30. The third kappa shape index (κ3) is 3.24. The Morgan fingerprint density at radius 2 is 2.19 bits per heavy atom. The highest BCUT2D eigenvalue weighted by Gasteiger charge is 2.49. The lowest BCUT2D eigenvalue weighted by atomic mass is 10.0. The van der Waals surface area contributed by atoms with Crippen LogP contribution >= 0.6 is 11.6 Å². The lowest BCUT2D eigenvalue weighted by Crippen LogP contribution is -2.46. The van der Waals surface area contributed by atoms with Crippen molar-refractivity contribution in [1.29, 1.82) is 0 Å². The number of halogens is 1. The first-order valence-corrected chi connectivity index (χ1v) is 8.68. The van der Waals surface area contributed by atoms with Gasteiger partial charge in [-0.2, -0.15) is 0 Å². The normalized spacial score (nSPS) is 25.2. The van der Waals surface area contributed by atoms with Gasteiger partial charge in [0.2, 0.25) is 0 Å². The van der Waals surface area contributed by atoms with Crippen molar-refractivity contribution in [3.05, 3.63) is 47.5 Å². The molecule has 4 rings (SSSR count). The van der Waals surface area contributed by atoms with Gasteiger partial charge in [-0.15, -0.1) is 0 Å². The first-order chi connectivity index (χ1) is 13.0. The average molecular weight is 392 g/mol. The largest absolute Gasteiger partial charge is 0.393 e. The van der Waals surface area contributed by atoms with Crippen LogP contribution in [0, 0.1) is 0 Å². The van der Waals surface area contributed by atoms with Crippen LogP contribution in [0.25, 0.3) is 11.2 Å². The molecule has 0 bridgehead atoms. The number of anilines is 1. The Morgan fingerprint density at radius 1 is 1.33 bits per heavy atom. The van der Waals surface area contributed by atoms with Crippen LogP contribution in [0.5, 0.6) is 0 Å². The third-order valence-corrected chi connectivity index (χ3v) is 4.82. The molecule has 10 heteroatoms. The van der Waals surface area contributed by atoms with Crippen LogP contribution < -0.4 is 5.32 Å². The van der Waals surface area contributed by atoms with Crippen molar-refractivity contribution in [3.63, 3.8) is 0 Å². The van der Waals surface area contributed by atoms with Gasteiger partial charge in [-0.25, -0.2) is 15.0 Å². The summed E-state index contributed by atoms with van der Waals surface area (Å²) in [5, 5.41) is 33.7. The molecule has 2 aromatic heterocycles. The highest BCUT2D eigenvalue weighted by atomic mass is 35.5. The predicted octanol–water partition coefficient (Wildman–Crippen LogP) is 0.705. The number of hydrogen-bond donors (Lipinski definition) is 4. The quantitative estimate of drug-likeness (QED) is 0.501. The summed E-state index contributed by atoms with van der Waals surface area (Å²) in [6.07, 6.45) is 0.599. The van der Waals surface area contributed by atoms with Crippen LogP contribution in [0.1, 0.15) is 11.8 Å². The molecule has 4 N–H and O–H groups in total. The average Bonchev–Trinajstić information content (AvgIpc) is 3.22. The van der Waals surface area contributed by atoms with E-state index in [1.165, 1.54) is 17.2 Å². The zero-order valence-electron chi connectivity index (χ0n) is 14.2. The Hall–Kier alpha value is -2.30. The van der Waals surface area contributed by atoms with Crippen LogP contribution in [0.4, 0.5) is 5.82 Å². The number of nitrogens with one attached hydrogen (secondary N) is 1. The van der Waals surface area contributed by atoms with Crippen LogP contribution in [0.3, 0.4) is 0 Å². The van der Waals surface area contributed by atoms with Gasteiger partial charge in [0.25, 0.3) is 0 Å². The monoisotopic (exact) mass is 391 g/mol. The SMILES string of the molecule is OC[C@]1(O)CO[C@@H](n2cnc3c(NCc4cccc(Cl)c4)ncnc32)[C@@H]1O. The fourth-order valence-electron chi connectivity index (χ4n) is 3.04. The smallest absolute Gasteiger partial charge is 0.167 e. The molecule has 0 spiro atoms. The van der Waals surface area contributed by atoms with Gasteiger partial charge < -0.3 is 25.4 Å². The summed E-state index contributed by atoms with van der Waals surface area (Å²) in [4.78, 5) is 12.8. The molecule has 1 aliphatic heterocycles. The summed E-state index contributed by atoms with van der Waals surface area (Å²) in [5.74, 6) is 0.517. The molecule has 0 unspecified atom stereocenters. The number of hydrogen-bond acceptors (Lipinski definition) is 8. The van der Waals surface area contributed by atoms with Gasteiger partial charge in [-0.05, 0) is 17.7 Å². The molecule has 27 heavy (non-hydrogen) atoms. The van der Waals surface area contributed by atoms with Gasteiger partial charge in [0.05, 0.1) is 19.5 Å². The molecule has 1 saturated heterocycles. The molecule has 1 aliphatic rings. The maximum atomic E-state index is 10.3. The predicted molar refractivity (Wildman–Crippen MR) is 97.1 cm³/mol. The van der Waals surface area contributed by atoms with Crippen molar-refractivity contribution in [2.75, 3.05) is 18.5 Å². The van der Waals surface area contributed by atoms with Gasteiger partial charge in [0.1, 0.15) is 18.0 Å². The molecular weight excluding hydrogens is 374 g/mol. The molecule has 0 amide bonds. The number of fused-ring (bicyclic) bond motifs is 1. The Bertz CT molecular complexity index is 967. The molecule has 9 nitrogen and oxygen atoms in total. The topological polar surface area (TPSA) is 126 Å². The zero-order chi connectivity index (χ0) is 19.0. The molecule has 1 fully saturated rings. The van der Waals surface area contributed by atoms with E-state index in [-0.39, 0.29) is 6.61 Å². The summed E-state index contributed by atoms with van der Waals surface area (Å²) < 4.78 is 6.99. The van der Waals surface area contributed by atoms with Gasteiger partial charge in [0, 0.05) is 11.6 Å². The van der Waals surface area contributed by atoms with E-state index in [1.54, 1.807) is 6.07 Å². The van der Waals surface area contributed by atoms with E-state index in [0.717, 1.165) is 5.56 Å². The van der Waals surface area contributed by atoms with Crippen molar-refractivity contribution < 1.29 is 20.1 Å². The summed E-state index contributed by atoms with van der Waals surface area (Å²) >= 11 is 6.00. The second kappa shape index (κ2) is 7.02. The highest BCUT2D eigenvalue weighted by Crippen LogP contribution is 2.33. The lowest BCUT2D eigenvalue weighted by molar-refractivity contribution is -0.0873. The third-order valence-electron chi connectivity index (χ3n) is 4.58. The standard InChI is InChI=1S/C17H18ClN5O4/c18-11-3-1-2-10(4-11)5-19-14-12-15(21-8-20-14)23(9-22-12)16-13(25)17(26,6-24)7-27-16/h1-4,8-9,13,16,24-26H,5-7H2,(H,19,20,21)/t13-,16+,17-/m0/s1. The number of ether oxygens (including phenoxy) is 1. The second-order valence-corrected chi connectivity index (χ2v) is 6.87. The summed E-state index contributed by atoms with van der Waals surface area (Å²) in [7, 11) is 0. The van der Waals surface area contributed by atoms with Crippen molar-refractivity contribution >= 4 is 28.6 Å². The lowest BCUT2D eigenvalue weighted by Gasteiger charge is -2.24. The number of aliphatic hydroxyl groups excluding tert-OH is 2. The van der Waals surface area contributed by atoms with Crippen LogP contribution in [-0.2, 0) is 11.3 Å². The van der Waals surface area contributed by atoms with Crippen LogP contribution in [0.15, 0.2) is 36.9 Å². The number of aliphatic hydroxyl groups is 3. The Kier molecular flexibility index (Phi) is 4.70. The molecule has 3 atom stereocenters. The van der Waals surface area contributed by atoms with Crippen molar-refractivity contribution in [2.45, 2.75) is 24.5 Å². The van der Waals surface area contributed by atoms with Crippen LogP contribution in [-0.4, -0.2) is 59.8 Å². The number of nitrogens with zero attached hydrogens (tertiary/aromatic N) is 4. The molecule has 3 heterocycles. The maximum Gasteiger partial charge on any atom is 0.167 e. The second-order valence-electron chi connectivity index (χ2n) is 6.44. The number of aromatic nitrogens is 4. The first kappa shape index (κ1) is 18.1. The van der Waals surface area contributed by atoms with Gasteiger partial charge in [0.15, 0.2) is 23.2 Å². The van der Waals surface area contributed by atoms with Gasteiger partial charge in [-0.3, -0.25) is 4.57 Å². The molecule has 0 aliphatic carbocycles. The first-order valence-electron chi connectivity index (χ1n) is 8.30. The van der Waals surface area contributed by atoms with Gasteiger partial charge in [-0.1, -0.05) is 23.7 Å². The molecule has 142 valence electrons. The summed E-state index contributed by atoms with van der Waals surface area (Å²) in [6.45, 7) is -0.314. The van der Waals surface area contributed by atoms with E-state index in [4.69, 9.17) is 16.3 Å². The van der Waals surface area contributed by atoms with E-state index >= 15 is 0 Å². The molecule has 0 saturated carbocycles. The van der Waals surface area contributed by atoms with Gasteiger partial charge >= 0.3 is 0 Å². The fourth-order valence-corrected chi connectivity index (χ4v) is 3.26. The van der Waals surface area contributed by atoms with E-state index in [2.05, 4.69) is 20.3 Å². The fraction of sp³-hybridized carbons (Fsp3) is 0.353. The minimum Gasteiger partial charge on any atom is -0.393 e. The number of rotatable bonds is 5. The number of benzene rings is 1. The minimum atomic E-state index is -1.72. The molecule has 3 aromatic rings. The van der Waals surface area contributed by atoms with E-state index in [0.29, 0.717) is 28.5 Å². The van der Waals surface area contributed by atoms with E-state index in [9.17, 15) is 15.3 Å². The summed E-state index contributed by atoms with van der Waals surface area (Å²) in [6, 6.07) is 7.46. The van der Waals surface area contributed by atoms with Crippen molar-refractivity contribution in [2.24, 2.45) is 0 Å². The maximum absolute atomic E-state index is 10.3. The van der Waals surface area contributed by atoms with E-state index < -0.39 is 24.5 Å². The zero-order valence-corrected chi connectivity index (χ0v) is 14.9. The Morgan fingerprint density at radius 3 is 2.93 bits per heavy atom. The Balaban J connectivity index is 1.60. The molecule has 1 aromatic carbocycles. The molecule has 0 radical (unpaired) electrons. The van der Waals surface area contributed by atoms with Crippen LogP contribution in [0.2, 0.25) is 5.02 Å². The summed E-state index contributed by atoms with van der Waals surface area (Å²) in [5.41, 5.74) is 0.193. The van der Waals surface area contributed by atoms with Crippen molar-refractivity contribution in [3.8, 4) is 0 Å². The number of imidazole rings is 1. The van der Waals surface area contributed by atoms with E-state index in [1.807, 2.05) is 18.2 Å². The van der Waals surface area contributed by atoms with Crippen molar-refractivity contribution in [1.82, 2.24) is 19.5 Å². The minimum absolute atomic E-state index is 0.194.